The predicted octanol–water partition coefficient (Wildman–Crippen LogP) is 3.67. The first-order valence-electron chi connectivity index (χ1n) is 10.8. The Hall–Kier alpha value is -3.45. The van der Waals surface area contributed by atoms with E-state index in [9.17, 15) is 0 Å². The van der Waals surface area contributed by atoms with Crippen molar-refractivity contribution in [1.29, 1.82) is 0 Å². The Balaban J connectivity index is 1.29. The Bertz CT molecular complexity index is 1090. The van der Waals surface area contributed by atoms with E-state index in [1.807, 2.05) is 30.9 Å². The second kappa shape index (κ2) is 8.73. The van der Waals surface area contributed by atoms with Crippen molar-refractivity contribution in [2.45, 2.75) is 32.4 Å². The normalized spacial score (nSPS) is 16.8. The molecule has 7 heteroatoms. The third kappa shape index (κ3) is 4.51. The molecule has 2 N–H and O–H groups in total. The van der Waals surface area contributed by atoms with Gasteiger partial charge < -0.3 is 10.7 Å². The highest BCUT2D eigenvalue weighted by molar-refractivity contribution is 5.62. The summed E-state index contributed by atoms with van der Waals surface area (Å²) in [5, 5.41) is 10.1. The van der Waals surface area contributed by atoms with E-state index in [2.05, 4.69) is 79.0 Å². The van der Waals surface area contributed by atoms with E-state index in [4.69, 9.17) is 0 Å². The molecule has 1 fully saturated rings. The highest BCUT2D eigenvalue weighted by atomic mass is 15.5. The molecule has 4 heterocycles. The lowest BCUT2D eigenvalue weighted by molar-refractivity contribution is 0.291. The minimum absolute atomic E-state index is 0.474. The quantitative estimate of drug-likeness (QED) is 0.665. The fourth-order valence-corrected chi connectivity index (χ4v) is 4.07. The van der Waals surface area contributed by atoms with E-state index in [1.54, 1.807) is 0 Å². The van der Waals surface area contributed by atoms with Gasteiger partial charge in [-0.1, -0.05) is 18.2 Å². The molecule has 0 bridgehead atoms. The molecule has 0 spiro atoms. The van der Waals surface area contributed by atoms with Gasteiger partial charge in [0.2, 0.25) is 0 Å². The van der Waals surface area contributed by atoms with Crippen LogP contribution in [0.4, 0.5) is 0 Å². The maximum atomic E-state index is 4.64. The Labute approximate surface area is 182 Å². The minimum atomic E-state index is 0.474. The molecule has 1 saturated heterocycles. The highest BCUT2D eigenvalue weighted by Crippen LogP contribution is 2.24. The van der Waals surface area contributed by atoms with Gasteiger partial charge in [-0.05, 0) is 56.6 Å². The summed E-state index contributed by atoms with van der Waals surface area (Å²) in [6, 6.07) is 8.85. The Morgan fingerprint density at radius 1 is 1.03 bits per heavy atom. The summed E-state index contributed by atoms with van der Waals surface area (Å²) in [7, 11) is 0. The predicted molar refractivity (Wildman–Crippen MR) is 121 cm³/mol. The number of nitrogens with one attached hydrogen (secondary N) is 2. The van der Waals surface area contributed by atoms with Crippen molar-refractivity contribution in [1.82, 2.24) is 35.5 Å². The first-order valence-corrected chi connectivity index (χ1v) is 10.8. The van der Waals surface area contributed by atoms with Crippen LogP contribution in [0.3, 0.4) is 0 Å². The van der Waals surface area contributed by atoms with Gasteiger partial charge in [0.05, 0.1) is 18.8 Å². The molecule has 2 aliphatic heterocycles. The highest BCUT2D eigenvalue weighted by Gasteiger charge is 2.16. The molecule has 0 aliphatic carbocycles. The number of benzene rings is 1. The molecule has 2 aliphatic rings. The standard InChI is InChI=1S/C24H27N7/c1-18-4-3-11-30(29-18)16-19-5-2-6-20(12-19)24-26-13-21(14-27-24)22-15-28-31(17-22)23-7-9-25-10-8-23/h2-6,11-15,17,23,25,29H,7-10,16H2,1H3. The number of aromatic nitrogens is 4. The van der Waals surface area contributed by atoms with Crippen LogP contribution >= 0.6 is 0 Å². The van der Waals surface area contributed by atoms with E-state index in [0.717, 1.165) is 60.7 Å². The summed E-state index contributed by atoms with van der Waals surface area (Å²) in [5.74, 6) is 0.731. The van der Waals surface area contributed by atoms with Crippen molar-refractivity contribution in [3.63, 3.8) is 0 Å². The Morgan fingerprint density at radius 2 is 1.87 bits per heavy atom. The SMILES string of the molecule is CC1=CC=CN(Cc2cccc(-c3ncc(-c4cnn(C5CCNCC5)c4)cn3)c2)N1. The summed E-state index contributed by atoms with van der Waals surface area (Å²) in [5.41, 5.74) is 8.73. The van der Waals surface area contributed by atoms with Crippen LogP contribution in [0.25, 0.3) is 22.5 Å². The molecule has 2 aromatic heterocycles. The molecule has 0 unspecified atom stereocenters. The molecule has 31 heavy (non-hydrogen) atoms. The topological polar surface area (TPSA) is 70.9 Å². The smallest absolute Gasteiger partial charge is 0.159 e. The van der Waals surface area contributed by atoms with Crippen LogP contribution in [0.2, 0.25) is 0 Å². The van der Waals surface area contributed by atoms with Gasteiger partial charge in [0.1, 0.15) is 0 Å². The molecule has 0 atom stereocenters. The molecule has 3 aromatic rings. The van der Waals surface area contributed by atoms with Gasteiger partial charge in [0, 0.05) is 47.2 Å². The first-order chi connectivity index (χ1) is 15.2. The summed E-state index contributed by atoms with van der Waals surface area (Å²) in [4.78, 5) is 9.27. The van der Waals surface area contributed by atoms with E-state index in [1.165, 1.54) is 5.56 Å². The van der Waals surface area contributed by atoms with Crippen LogP contribution < -0.4 is 10.7 Å². The average molecular weight is 414 g/mol. The zero-order valence-electron chi connectivity index (χ0n) is 17.7. The largest absolute Gasteiger partial charge is 0.317 e. The van der Waals surface area contributed by atoms with E-state index < -0.39 is 0 Å². The number of rotatable bonds is 5. The zero-order chi connectivity index (χ0) is 21.0. The van der Waals surface area contributed by atoms with Crippen molar-refractivity contribution in [3.8, 4) is 22.5 Å². The van der Waals surface area contributed by atoms with Gasteiger partial charge in [-0.25, -0.2) is 9.97 Å². The third-order valence-electron chi connectivity index (χ3n) is 5.74. The number of hydrogen-bond acceptors (Lipinski definition) is 6. The van der Waals surface area contributed by atoms with Crippen molar-refractivity contribution in [3.05, 3.63) is 78.7 Å². The summed E-state index contributed by atoms with van der Waals surface area (Å²) in [6.45, 7) is 4.93. The minimum Gasteiger partial charge on any atom is -0.317 e. The van der Waals surface area contributed by atoms with E-state index >= 15 is 0 Å². The number of allylic oxidation sites excluding steroid dienone is 3. The Morgan fingerprint density at radius 3 is 2.68 bits per heavy atom. The number of hydrogen-bond donors (Lipinski definition) is 2. The van der Waals surface area contributed by atoms with Crippen LogP contribution in [0.1, 0.15) is 31.4 Å². The maximum Gasteiger partial charge on any atom is 0.159 e. The van der Waals surface area contributed by atoms with Crippen molar-refractivity contribution in [2.75, 3.05) is 13.1 Å². The van der Waals surface area contributed by atoms with Gasteiger partial charge in [0.15, 0.2) is 5.82 Å². The van der Waals surface area contributed by atoms with Crippen molar-refractivity contribution < 1.29 is 0 Å². The lowest BCUT2D eigenvalue weighted by atomic mass is 10.1. The van der Waals surface area contributed by atoms with Crippen LogP contribution in [0, 0.1) is 0 Å². The van der Waals surface area contributed by atoms with Gasteiger partial charge in [0.25, 0.3) is 0 Å². The summed E-state index contributed by atoms with van der Waals surface area (Å²) >= 11 is 0. The van der Waals surface area contributed by atoms with Crippen LogP contribution in [0.5, 0.6) is 0 Å². The van der Waals surface area contributed by atoms with E-state index in [0.29, 0.717) is 6.04 Å². The second-order valence-corrected chi connectivity index (χ2v) is 8.12. The fraction of sp³-hybridized carbons (Fsp3) is 0.292. The molecular formula is C24H27N7. The molecule has 0 radical (unpaired) electrons. The summed E-state index contributed by atoms with van der Waals surface area (Å²) < 4.78 is 2.09. The Kier molecular flexibility index (Phi) is 5.50. The molecule has 7 nitrogen and oxygen atoms in total. The van der Waals surface area contributed by atoms with Gasteiger partial charge in [-0.15, -0.1) is 0 Å². The molecule has 0 saturated carbocycles. The van der Waals surface area contributed by atoms with Crippen LogP contribution in [-0.2, 0) is 6.54 Å². The monoisotopic (exact) mass is 413 g/mol. The zero-order valence-corrected chi connectivity index (χ0v) is 17.7. The van der Waals surface area contributed by atoms with E-state index in [-0.39, 0.29) is 0 Å². The number of nitrogens with zero attached hydrogens (tertiary/aromatic N) is 5. The average Bonchev–Trinajstić information content (AvgIpc) is 3.30. The lowest BCUT2D eigenvalue weighted by Gasteiger charge is -2.25. The van der Waals surface area contributed by atoms with Gasteiger partial charge in [-0.2, -0.15) is 5.10 Å². The van der Waals surface area contributed by atoms with Crippen LogP contribution in [0.15, 0.2) is 73.1 Å². The lowest BCUT2D eigenvalue weighted by Crippen LogP contribution is -2.32. The molecule has 1 aromatic carbocycles. The molecular weight excluding hydrogens is 386 g/mol. The first kappa shape index (κ1) is 19.5. The summed E-state index contributed by atoms with van der Waals surface area (Å²) in [6.07, 6.45) is 16.2. The van der Waals surface area contributed by atoms with Crippen molar-refractivity contribution >= 4 is 0 Å². The molecule has 5 rings (SSSR count). The third-order valence-corrected chi connectivity index (χ3v) is 5.74. The number of piperidine rings is 1. The molecule has 0 amide bonds. The maximum absolute atomic E-state index is 4.64. The second-order valence-electron chi connectivity index (χ2n) is 8.12. The van der Waals surface area contributed by atoms with Gasteiger partial charge in [-0.3, -0.25) is 9.69 Å². The van der Waals surface area contributed by atoms with Gasteiger partial charge >= 0.3 is 0 Å². The molecule has 158 valence electrons. The van der Waals surface area contributed by atoms with Crippen molar-refractivity contribution in [2.24, 2.45) is 0 Å². The number of hydrazine groups is 1. The van der Waals surface area contributed by atoms with Crippen LogP contribution in [-0.4, -0.2) is 37.8 Å². The fourth-order valence-electron chi connectivity index (χ4n) is 4.07.